The molecule has 136 valence electrons. The van der Waals surface area contributed by atoms with Crippen LogP contribution in [-0.4, -0.2) is 63.9 Å². The number of nitrogens with one attached hydrogen (secondary N) is 1. The van der Waals surface area contributed by atoms with Crippen LogP contribution >= 0.6 is 0 Å². The van der Waals surface area contributed by atoms with E-state index in [9.17, 15) is 8.42 Å². The van der Waals surface area contributed by atoms with Crippen molar-refractivity contribution in [1.82, 2.24) is 14.5 Å². The number of benzene rings is 1. The zero-order valence-corrected chi connectivity index (χ0v) is 16.1. The van der Waals surface area contributed by atoms with Gasteiger partial charge in [0.25, 0.3) is 0 Å². The molecule has 0 bridgehead atoms. The fraction of sp³-hybridized carbons (Fsp3) is 0.667. The second-order valence-electron chi connectivity index (χ2n) is 7.12. The molecular formula is C18H31N3O2S. The molecule has 0 spiro atoms. The number of hydrogen-bond donors (Lipinski definition) is 1. The van der Waals surface area contributed by atoms with Crippen molar-refractivity contribution in [3.63, 3.8) is 0 Å². The van der Waals surface area contributed by atoms with E-state index in [1.54, 1.807) is 16.4 Å². The normalized spacial score (nSPS) is 17.1. The average Bonchev–Trinajstić information content (AvgIpc) is 2.55. The molecule has 0 saturated carbocycles. The van der Waals surface area contributed by atoms with Crippen molar-refractivity contribution in [3.05, 3.63) is 29.8 Å². The highest BCUT2D eigenvalue weighted by Gasteiger charge is 2.32. The summed E-state index contributed by atoms with van der Waals surface area (Å²) < 4.78 is 28.1. The largest absolute Gasteiger partial charge is 0.317 e. The van der Waals surface area contributed by atoms with Gasteiger partial charge in [-0.1, -0.05) is 26.0 Å². The molecule has 1 fully saturated rings. The fourth-order valence-corrected chi connectivity index (χ4v) is 4.73. The number of likely N-dealkylation sites (N-methyl/N-ethyl adjacent to an activating group) is 1. The second-order valence-corrected chi connectivity index (χ2v) is 9.01. The summed E-state index contributed by atoms with van der Waals surface area (Å²) in [6.07, 6.45) is 1.74. The van der Waals surface area contributed by atoms with Gasteiger partial charge >= 0.3 is 0 Å². The minimum absolute atomic E-state index is 0.0842. The van der Waals surface area contributed by atoms with Crippen molar-refractivity contribution in [1.29, 1.82) is 0 Å². The maximum atomic E-state index is 13.2. The lowest BCUT2D eigenvalue weighted by atomic mass is 10.0. The van der Waals surface area contributed by atoms with Gasteiger partial charge in [0.2, 0.25) is 10.0 Å². The summed E-state index contributed by atoms with van der Waals surface area (Å²) in [6, 6.07) is 7.47. The molecule has 24 heavy (non-hydrogen) atoms. The summed E-state index contributed by atoms with van der Waals surface area (Å²) in [5.74, 6) is 0.399. The van der Waals surface area contributed by atoms with E-state index in [-0.39, 0.29) is 6.04 Å². The Hall–Kier alpha value is -0.950. The highest BCUT2D eigenvalue weighted by molar-refractivity contribution is 7.89. The molecule has 1 N–H and O–H groups in total. The SMILES string of the molecule is CC(C)c1ccc(S(=O)(=O)N(CCN(C)C)C2CCNCC2)cc1. The van der Waals surface area contributed by atoms with Gasteiger partial charge in [-0.2, -0.15) is 4.31 Å². The molecule has 0 atom stereocenters. The maximum absolute atomic E-state index is 13.2. The minimum Gasteiger partial charge on any atom is -0.317 e. The zero-order chi connectivity index (χ0) is 17.7. The van der Waals surface area contributed by atoms with Crippen LogP contribution in [0.15, 0.2) is 29.2 Å². The van der Waals surface area contributed by atoms with Gasteiger partial charge in [-0.25, -0.2) is 8.42 Å². The van der Waals surface area contributed by atoms with Gasteiger partial charge in [-0.05, 0) is 63.6 Å². The third kappa shape index (κ3) is 4.79. The Morgan fingerprint density at radius 2 is 1.67 bits per heavy atom. The van der Waals surface area contributed by atoms with Gasteiger partial charge in [0.05, 0.1) is 4.90 Å². The van der Waals surface area contributed by atoms with E-state index in [1.165, 1.54) is 0 Å². The Balaban J connectivity index is 2.27. The molecule has 0 amide bonds. The number of nitrogens with zero attached hydrogens (tertiary/aromatic N) is 2. The lowest BCUT2D eigenvalue weighted by molar-refractivity contribution is 0.240. The Labute approximate surface area is 147 Å². The third-order valence-corrected chi connectivity index (χ3v) is 6.60. The molecule has 1 aromatic rings. The molecule has 0 radical (unpaired) electrons. The first kappa shape index (κ1) is 19.4. The number of sulfonamides is 1. The lowest BCUT2D eigenvalue weighted by Crippen LogP contribution is -2.48. The Morgan fingerprint density at radius 3 is 2.17 bits per heavy atom. The van der Waals surface area contributed by atoms with Crippen molar-refractivity contribution >= 4 is 10.0 Å². The summed E-state index contributed by atoms with van der Waals surface area (Å²) in [6.45, 7) is 7.25. The van der Waals surface area contributed by atoms with Crippen molar-refractivity contribution in [2.24, 2.45) is 0 Å². The van der Waals surface area contributed by atoms with Gasteiger partial charge in [-0.15, -0.1) is 0 Å². The molecule has 1 aromatic carbocycles. The van der Waals surface area contributed by atoms with E-state index in [1.807, 2.05) is 31.1 Å². The minimum atomic E-state index is -3.46. The topological polar surface area (TPSA) is 52.7 Å². The Kier molecular flexibility index (Phi) is 6.80. The van der Waals surface area contributed by atoms with E-state index >= 15 is 0 Å². The monoisotopic (exact) mass is 353 g/mol. The van der Waals surface area contributed by atoms with Crippen LogP contribution in [0, 0.1) is 0 Å². The summed E-state index contributed by atoms with van der Waals surface area (Å²) in [5.41, 5.74) is 1.16. The molecule has 5 nitrogen and oxygen atoms in total. The number of piperidine rings is 1. The molecule has 6 heteroatoms. The zero-order valence-electron chi connectivity index (χ0n) is 15.3. The second kappa shape index (κ2) is 8.43. The quantitative estimate of drug-likeness (QED) is 0.816. The van der Waals surface area contributed by atoms with Crippen LogP contribution in [0.2, 0.25) is 0 Å². The van der Waals surface area contributed by atoms with Crippen LogP contribution < -0.4 is 5.32 Å². The Bertz CT molecular complexity index is 606. The highest BCUT2D eigenvalue weighted by Crippen LogP contribution is 2.24. The van der Waals surface area contributed by atoms with E-state index in [4.69, 9.17) is 0 Å². The lowest BCUT2D eigenvalue weighted by Gasteiger charge is -2.34. The first-order valence-electron chi connectivity index (χ1n) is 8.79. The van der Waals surface area contributed by atoms with Crippen LogP contribution in [0.4, 0.5) is 0 Å². The summed E-state index contributed by atoms with van der Waals surface area (Å²) in [5, 5.41) is 3.31. The van der Waals surface area contributed by atoms with Gasteiger partial charge in [0, 0.05) is 19.1 Å². The molecule has 1 saturated heterocycles. The van der Waals surface area contributed by atoms with Gasteiger partial charge in [-0.3, -0.25) is 0 Å². The third-order valence-electron chi connectivity index (χ3n) is 4.64. The number of hydrogen-bond acceptors (Lipinski definition) is 4. The van der Waals surface area contributed by atoms with Gasteiger partial charge < -0.3 is 10.2 Å². The molecule has 1 aliphatic heterocycles. The molecule has 0 aromatic heterocycles. The molecule has 1 heterocycles. The van der Waals surface area contributed by atoms with Crippen molar-refractivity contribution in [3.8, 4) is 0 Å². The van der Waals surface area contributed by atoms with Crippen molar-refractivity contribution in [2.75, 3.05) is 40.3 Å². The van der Waals surface area contributed by atoms with Crippen LogP contribution in [-0.2, 0) is 10.0 Å². The average molecular weight is 354 g/mol. The molecule has 1 aliphatic rings. The van der Waals surface area contributed by atoms with Crippen molar-refractivity contribution < 1.29 is 8.42 Å². The number of rotatable bonds is 7. The molecule has 2 rings (SSSR count). The standard InChI is InChI=1S/C18H31N3O2S/c1-15(2)16-5-7-18(8-6-16)24(22,23)21(14-13-20(3)4)17-9-11-19-12-10-17/h5-8,15,17,19H,9-14H2,1-4H3. The predicted octanol–water partition coefficient (Wildman–Crippen LogP) is 2.11. The van der Waals surface area contributed by atoms with Crippen LogP contribution in [0.1, 0.15) is 38.2 Å². The summed E-state index contributed by atoms with van der Waals surface area (Å²) >= 11 is 0. The Morgan fingerprint density at radius 1 is 1.08 bits per heavy atom. The first-order valence-corrected chi connectivity index (χ1v) is 10.2. The molecule has 0 unspecified atom stereocenters. The van der Waals surface area contributed by atoms with E-state index in [0.29, 0.717) is 17.4 Å². The summed E-state index contributed by atoms with van der Waals surface area (Å²) in [4.78, 5) is 2.44. The molecular weight excluding hydrogens is 322 g/mol. The molecule has 0 aliphatic carbocycles. The van der Waals surface area contributed by atoms with Crippen molar-refractivity contribution in [2.45, 2.75) is 43.5 Å². The van der Waals surface area contributed by atoms with Crippen LogP contribution in [0.3, 0.4) is 0 Å². The predicted molar refractivity (Wildman–Crippen MR) is 98.9 cm³/mol. The maximum Gasteiger partial charge on any atom is 0.243 e. The van der Waals surface area contributed by atoms with E-state index in [0.717, 1.165) is 38.0 Å². The van der Waals surface area contributed by atoms with Gasteiger partial charge in [0.15, 0.2) is 0 Å². The first-order chi connectivity index (χ1) is 11.3. The van der Waals surface area contributed by atoms with Gasteiger partial charge in [0.1, 0.15) is 0 Å². The van der Waals surface area contributed by atoms with E-state index < -0.39 is 10.0 Å². The van der Waals surface area contributed by atoms with Crippen LogP contribution in [0.25, 0.3) is 0 Å². The van der Waals surface area contributed by atoms with E-state index in [2.05, 4.69) is 19.2 Å². The smallest absolute Gasteiger partial charge is 0.243 e. The highest BCUT2D eigenvalue weighted by atomic mass is 32.2. The fourth-order valence-electron chi connectivity index (χ4n) is 3.05. The van der Waals surface area contributed by atoms with Crippen LogP contribution in [0.5, 0.6) is 0 Å². The summed E-state index contributed by atoms with van der Waals surface area (Å²) in [7, 11) is 0.494.